The molecule has 94 valence electrons. The molecule has 0 aliphatic heterocycles. The summed E-state index contributed by atoms with van der Waals surface area (Å²) in [5.74, 6) is 0.315. The summed E-state index contributed by atoms with van der Waals surface area (Å²) in [7, 11) is 0. The van der Waals surface area contributed by atoms with Crippen LogP contribution < -0.4 is 4.74 Å². The second-order valence-electron chi connectivity index (χ2n) is 3.37. The number of nitro benzene ring substituents is 1. The van der Waals surface area contributed by atoms with E-state index in [9.17, 15) is 10.1 Å². The predicted octanol–water partition coefficient (Wildman–Crippen LogP) is 4.65. The summed E-state index contributed by atoms with van der Waals surface area (Å²) in [4.78, 5) is 11.2. The molecule has 1 heterocycles. The highest BCUT2D eigenvalue weighted by Crippen LogP contribution is 2.30. The van der Waals surface area contributed by atoms with E-state index in [0.717, 1.165) is 8.66 Å². The minimum absolute atomic E-state index is 0.0400. The summed E-state index contributed by atoms with van der Waals surface area (Å²) >= 11 is 10.8. The molecule has 0 saturated carbocycles. The summed E-state index contributed by atoms with van der Waals surface area (Å²) < 4.78 is 6.49. The van der Waals surface area contributed by atoms with E-state index in [1.165, 1.54) is 29.5 Å². The zero-order chi connectivity index (χ0) is 13.1. The molecule has 18 heavy (non-hydrogen) atoms. The number of nitro groups is 1. The molecule has 0 saturated heterocycles. The zero-order valence-corrected chi connectivity index (χ0v) is 12.1. The fraction of sp³-hybridized carbons (Fsp3) is 0.0909. The van der Waals surface area contributed by atoms with Crippen LogP contribution in [-0.4, -0.2) is 4.92 Å². The van der Waals surface area contributed by atoms with Crippen molar-refractivity contribution in [3.63, 3.8) is 0 Å². The van der Waals surface area contributed by atoms with Gasteiger partial charge in [-0.2, -0.15) is 0 Å². The average molecular weight is 349 g/mol. The summed E-state index contributed by atoms with van der Waals surface area (Å²) in [5.41, 5.74) is -0.0400. The summed E-state index contributed by atoms with van der Waals surface area (Å²) in [6, 6.07) is 7.96. The highest BCUT2D eigenvalue weighted by molar-refractivity contribution is 9.11. The van der Waals surface area contributed by atoms with Crippen molar-refractivity contribution in [2.45, 2.75) is 6.61 Å². The third-order valence-electron chi connectivity index (χ3n) is 2.12. The van der Waals surface area contributed by atoms with Crippen molar-refractivity contribution in [3.8, 4) is 5.75 Å². The Kier molecular flexibility index (Phi) is 4.21. The van der Waals surface area contributed by atoms with E-state index in [0.29, 0.717) is 17.4 Å². The number of hydrogen-bond donors (Lipinski definition) is 0. The van der Waals surface area contributed by atoms with Crippen molar-refractivity contribution in [3.05, 3.63) is 54.1 Å². The van der Waals surface area contributed by atoms with Crippen molar-refractivity contribution < 1.29 is 9.66 Å². The highest BCUT2D eigenvalue weighted by atomic mass is 79.9. The molecule has 0 fully saturated rings. The molecule has 0 N–H and O–H groups in total. The van der Waals surface area contributed by atoms with Gasteiger partial charge in [-0.05, 0) is 34.1 Å². The van der Waals surface area contributed by atoms with Crippen molar-refractivity contribution in [2.75, 3.05) is 0 Å². The van der Waals surface area contributed by atoms with Gasteiger partial charge in [-0.25, -0.2) is 0 Å². The van der Waals surface area contributed by atoms with Gasteiger partial charge in [0.05, 0.1) is 19.8 Å². The Bertz CT molecular complexity index is 587. The first-order valence-electron chi connectivity index (χ1n) is 4.87. The van der Waals surface area contributed by atoms with Crippen LogP contribution in [0.4, 0.5) is 5.69 Å². The molecule has 0 aliphatic rings. The van der Waals surface area contributed by atoms with Crippen molar-refractivity contribution in [2.24, 2.45) is 0 Å². The lowest BCUT2D eigenvalue weighted by Gasteiger charge is -2.06. The second-order valence-corrected chi connectivity index (χ2v) is 6.32. The maximum Gasteiger partial charge on any atom is 0.273 e. The molecular formula is C11H7BrClNO3S. The van der Waals surface area contributed by atoms with Crippen LogP contribution in [0.5, 0.6) is 5.75 Å². The Morgan fingerprint density at radius 1 is 1.39 bits per heavy atom. The molecule has 0 aliphatic carbocycles. The van der Waals surface area contributed by atoms with E-state index >= 15 is 0 Å². The lowest BCUT2D eigenvalue weighted by Crippen LogP contribution is -1.95. The number of hydrogen-bond acceptors (Lipinski definition) is 4. The molecule has 0 amide bonds. The van der Waals surface area contributed by atoms with Gasteiger partial charge in [-0.15, -0.1) is 11.3 Å². The fourth-order valence-corrected chi connectivity index (χ4v) is 2.86. The van der Waals surface area contributed by atoms with Crippen LogP contribution >= 0.6 is 38.9 Å². The second kappa shape index (κ2) is 5.69. The Balaban J connectivity index is 2.13. The molecule has 7 heteroatoms. The maximum absolute atomic E-state index is 10.6. The number of nitrogens with zero attached hydrogens (tertiary/aromatic N) is 1. The third kappa shape index (κ3) is 3.22. The van der Waals surface area contributed by atoms with Crippen LogP contribution in [0, 0.1) is 10.1 Å². The van der Waals surface area contributed by atoms with E-state index < -0.39 is 4.92 Å². The lowest BCUT2D eigenvalue weighted by atomic mass is 10.3. The highest BCUT2D eigenvalue weighted by Gasteiger charge is 2.11. The molecule has 2 aromatic rings. The molecule has 1 aromatic heterocycles. The van der Waals surface area contributed by atoms with Gasteiger partial charge in [-0.3, -0.25) is 10.1 Å². The quantitative estimate of drug-likeness (QED) is 0.597. The number of halogens is 2. The van der Waals surface area contributed by atoms with E-state index in [-0.39, 0.29) is 5.69 Å². The van der Waals surface area contributed by atoms with Crippen molar-refractivity contribution in [1.82, 2.24) is 0 Å². The van der Waals surface area contributed by atoms with E-state index in [4.69, 9.17) is 16.3 Å². The summed E-state index contributed by atoms with van der Waals surface area (Å²) in [6.07, 6.45) is 0. The average Bonchev–Trinajstić information content (AvgIpc) is 2.74. The molecule has 4 nitrogen and oxygen atoms in total. The van der Waals surface area contributed by atoms with E-state index in [1.807, 2.05) is 12.1 Å². The van der Waals surface area contributed by atoms with Gasteiger partial charge in [0.1, 0.15) is 12.4 Å². The number of benzene rings is 1. The molecule has 0 radical (unpaired) electrons. The Morgan fingerprint density at radius 3 is 2.78 bits per heavy atom. The molecular weight excluding hydrogens is 342 g/mol. The molecule has 1 aromatic carbocycles. The van der Waals surface area contributed by atoms with Gasteiger partial charge in [0.15, 0.2) is 0 Å². The number of rotatable bonds is 4. The van der Waals surface area contributed by atoms with Gasteiger partial charge in [0.25, 0.3) is 5.69 Å². The zero-order valence-electron chi connectivity index (χ0n) is 8.93. The standard InChI is InChI=1S/C11H7BrClNO3S/c12-11-4-2-8(18-11)6-17-10-5-7(14(15)16)1-3-9(10)13/h1-5H,6H2. The Hall–Kier alpha value is -1.11. The molecule has 0 unspecified atom stereocenters. The van der Waals surface area contributed by atoms with Crippen molar-refractivity contribution >= 4 is 44.6 Å². The monoisotopic (exact) mass is 347 g/mol. The smallest absolute Gasteiger partial charge is 0.273 e. The molecule has 0 bridgehead atoms. The number of thiophene rings is 1. The minimum atomic E-state index is -0.481. The normalized spacial score (nSPS) is 10.3. The predicted molar refractivity (Wildman–Crippen MR) is 74.5 cm³/mol. The van der Waals surface area contributed by atoms with Gasteiger partial charge in [-0.1, -0.05) is 11.6 Å². The van der Waals surface area contributed by atoms with Crippen LogP contribution in [0.15, 0.2) is 34.1 Å². The number of non-ortho nitro benzene ring substituents is 1. The molecule has 0 atom stereocenters. The minimum Gasteiger partial charge on any atom is -0.486 e. The van der Waals surface area contributed by atoms with Crippen LogP contribution in [0.2, 0.25) is 5.02 Å². The summed E-state index contributed by atoms with van der Waals surface area (Å²) in [5, 5.41) is 11.0. The van der Waals surface area contributed by atoms with Gasteiger partial charge in [0, 0.05) is 10.9 Å². The largest absolute Gasteiger partial charge is 0.486 e. The van der Waals surface area contributed by atoms with Crippen LogP contribution in [-0.2, 0) is 6.61 Å². The topological polar surface area (TPSA) is 52.4 Å². The van der Waals surface area contributed by atoms with Crippen LogP contribution in [0.1, 0.15) is 4.88 Å². The number of ether oxygens (including phenoxy) is 1. The fourth-order valence-electron chi connectivity index (χ4n) is 1.29. The SMILES string of the molecule is O=[N+]([O-])c1ccc(Cl)c(OCc2ccc(Br)s2)c1. The van der Waals surface area contributed by atoms with E-state index in [1.54, 1.807) is 0 Å². The van der Waals surface area contributed by atoms with Gasteiger partial charge < -0.3 is 4.74 Å². The van der Waals surface area contributed by atoms with Crippen molar-refractivity contribution in [1.29, 1.82) is 0 Å². The Morgan fingerprint density at radius 2 is 2.17 bits per heavy atom. The Labute approximate surface area is 120 Å². The van der Waals surface area contributed by atoms with E-state index in [2.05, 4.69) is 15.9 Å². The first kappa shape index (κ1) is 13.3. The maximum atomic E-state index is 10.6. The first-order valence-corrected chi connectivity index (χ1v) is 6.86. The summed E-state index contributed by atoms with van der Waals surface area (Å²) in [6.45, 7) is 0.331. The van der Waals surface area contributed by atoms with Crippen LogP contribution in [0.25, 0.3) is 0 Å². The lowest BCUT2D eigenvalue weighted by molar-refractivity contribution is -0.384. The van der Waals surface area contributed by atoms with Gasteiger partial charge in [0.2, 0.25) is 0 Å². The third-order valence-corrected chi connectivity index (χ3v) is 4.03. The molecule has 0 spiro atoms. The van der Waals surface area contributed by atoms with Gasteiger partial charge >= 0.3 is 0 Å². The van der Waals surface area contributed by atoms with Crippen LogP contribution in [0.3, 0.4) is 0 Å². The first-order chi connectivity index (χ1) is 8.56. The molecule has 2 rings (SSSR count).